The van der Waals surface area contributed by atoms with E-state index in [1.165, 1.54) is 0 Å². The van der Waals surface area contributed by atoms with Crippen LogP contribution in [0.5, 0.6) is 5.75 Å². The Bertz CT molecular complexity index is 1630. The van der Waals surface area contributed by atoms with Crippen LogP contribution in [0.15, 0.2) is 115 Å². The summed E-state index contributed by atoms with van der Waals surface area (Å²) in [4.78, 5) is 13.6. The molecule has 5 aromatic carbocycles. The van der Waals surface area contributed by atoms with E-state index in [1.807, 2.05) is 93.6 Å². The van der Waals surface area contributed by atoms with Crippen LogP contribution in [0.2, 0.25) is 10.0 Å². The molecule has 3 nitrogen and oxygen atoms in total. The highest BCUT2D eigenvalue weighted by atomic mass is 35.5. The summed E-state index contributed by atoms with van der Waals surface area (Å²) in [5, 5.41) is 14.8. The zero-order chi connectivity index (χ0) is 30.1. The van der Waals surface area contributed by atoms with E-state index in [-0.39, 0.29) is 11.3 Å². The Morgan fingerprint density at radius 2 is 1.14 bits per heavy atom. The molecule has 0 aliphatic carbocycles. The third kappa shape index (κ3) is 5.31. The molecule has 0 atom stereocenters. The van der Waals surface area contributed by atoms with Crippen molar-refractivity contribution in [2.45, 2.75) is 38.5 Å². The highest BCUT2D eigenvalue weighted by molar-refractivity contribution is 6.34. The maximum atomic E-state index is 13.6. The van der Waals surface area contributed by atoms with Crippen molar-refractivity contribution in [1.29, 1.82) is 0 Å². The van der Waals surface area contributed by atoms with Crippen LogP contribution in [0.25, 0.3) is 0 Å². The average molecular weight is 595 g/mol. The number of phenolic OH excluding ortho intramolecular Hbond substituents is 1. The average Bonchev–Trinajstić information content (AvgIpc) is 2.98. The summed E-state index contributed by atoms with van der Waals surface area (Å²) in [7, 11) is 0. The number of nitrogens with one attached hydrogen (secondary N) is 1. The van der Waals surface area contributed by atoms with Crippen LogP contribution >= 0.6 is 23.2 Å². The molecular formula is C37H33Cl2NO2. The Morgan fingerprint density at radius 3 is 1.57 bits per heavy atom. The van der Waals surface area contributed by atoms with Crippen LogP contribution in [-0.4, -0.2) is 11.0 Å². The number of carbonyl (C=O) groups excluding carboxylic acids is 1. The Hall–Kier alpha value is -4.05. The predicted octanol–water partition coefficient (Wildman–Crippen LogP) is 9.94. The third-order valence-corrected chi connectivity index (χ3v) is 8.51. The predicted molar refractivity (Wildman–Crippen MR) is 174 cm³/mol. The van der Waals surface area contributed by atoms with E-state index >= 15 is 0 Å². The second kappa shape index (κ2) is 11.7. The first kappa shape index (κ1) is 29.4. The van der Waals surface area contributed by atoms with E-state index in [0.717, 1.165) is 22.3 Å². The molecule has 0 fully saturated rings. The monoisotopic (exact) mass is 593 g/mol. The Morgan fingerprint density at radius 1 is 0.667 bits per heavy atom. The molecule has 42 heavy (non-hydrogen) atoms. The highest BCUT2D eigenvalue weighted by Crippen LogP contribution is 2.46. The molecule has 0 bridgehead atoms. The molecule has 5 heteroatoms. The summed E-state index contributed by atoms with van der Waals surface area (Å²) in [5.74, 6) is -0.556. The molecule has 0 heterocycles. The maximum absolute atomic E-state index is 13.6. The maximum Gasteiger partial charge on any atom is 0.259 e. The van der Waals surface area contributed by atoms with Crippen molar-refractivity contribution in [2.24, 2.45) is 0 Å². The fourth-order valence-corrected chi connectivity index (χ4v) is 6.11. The Labute approximate surface area is 257 Å². The first-order chi connectivity index (χ1) is 20.0. The highest BCUT2D eigenvalue weighted by Gasteiger charge is 2.38. The first-order valence-electron chi connectivity index (χ1n) is 13.9. The molecule has 1 amide bonds. The number of benzene rings is 5. The first-order valence-corrected chi connectivity index (χ1v) is 14.6. The number of amides is 1. The number of hydrogen-bond donors (Lipinski definition) is 2. The van der Waals surface area contributed by atoms with Crippen LogP contribution < -0.4 is 5.32 Å². The third-order valence-electron chi connectivity index (χ3n) is 7.80. The van der Waals surface area contributed by atoms with Crippen LogP contribution in [0.3, 0.4) is 0 Å². The summed E-state index contributed by atoms with van der Waals surface area (Å²) < 4.78 is 0. The minimum atomic E-state index is -0.667. The molecule has 5 aromatic rings. The van der Waals surface area contributed by atoms with Crippen molar-refractivity contribution in [1.82, 2.24) is 0 Å². The standard InChI is InChI=1S/C37H33Cl2NO2/c1-24-30(38)23-29(36(2,3)4)34(41)33(24)35(42)40-32-21-20-28(22-31(32)39)37(25-14-8-5-9-15-25,26-16-10-6-11-17-26)27-18-12-7-13-19-27/h5-23,41H,1-4H3,(H,40,42). The van der Waals surface area contributed by atoms with Gasteiger partial charge in [0.1, 0.15) is 5.75 Å². The number of phenols is 1. The van der Waals surface area contributed by atoms with E-state index in [0.29, 0.717) is 26.9 Å². The zero-order valence-electron chi connectivity index (χ0n) is 24.1. The number of halogens is 2. The van der Waals surface area contributed by atoms with Gasteiger partial charge in [0.15, 0.2) is 0 Å². The van der Waals surface area contributed by atoms with Gasteiger partial charge in [-0.05, 0) is 58.4 Å². The molecular weight excluding hydrogens is 561 g/mol. The van der Waals surface area contributed by atoms with Gasteiger partial charge in [-0.25, -0.2) is 0 Å². The van der Waals surface area contributed by atoms with Gasteiger partial charge in [0.2, 0.25) is 0 Å². The molecule has 0 saturated carbocycles. The van der Waals surface area contributed by atoms with Gasteiger partial charge < -0.3 is 10.4 Å². The van der Waals surface area contributed by atoms with Crippen LogP contribution in [0, 0.1) is 6.92 Å². The molecule has 5 rings (SSSR count). The quantitative estimate of drug-likeness (QED) is 0.192. The van der Waals surface area contributed by atoms with Gasteiger partial charge in [0.05, 0.1) is 21.7 Å². The molecule has 0 spiro atoms. The number of hydrogen-bond acceptors (Lipinski definition) is 2. The SMILES string of the molecule is Cc1c(Cl)cc(C(C)(C)C)c(O)c1C(=O)Nc1ccc(C(c2ccccc2)(c2ccccc2)c2ccccc2)cc1Cl. The van der Waals surface area contributed by atoms with E-state index in [1.54, 1.807) is 13.0 Å². The van der Waals surface area contributed by atoms with Crippen molar-refractivity contribution in [3.63, 3.8) is 0 Å². The van der Waals surface area contributed by atoms with Crippen LogP contribution in [0.1, 0.15) is 64.5 Å². The van der Waals surface area contributed by atoms with Gasteiger partial charge in [0, 0.05) is 10.6 Å². The number of anilines is 1. The van der Waals surface area contributed by atoms with Gasteiger partial charge in [-0.2, -0.15) is 0 Å². The Kier molecular flexibility index (Phi) is 8.19. The molecule has 0 aliphatic rings. The van der Waals surface area contributed by atoms with Crippen molar-refractivity contribution >= 4 is 34.8 Å². The lowest BCUT2D eigenvalue weighted by atomic mass is 9.65. The minimum absolute atomic E-state index is 0.0779. The van der Waals surface area contributed by atoms with Gasteiger partial charge in [0.25, 0.3) is 5.91 Å². The van der Waals surface area contributed by atoms with Gasteiger partial charge >= 0.3 is 0 Å². The van der Waals surface area contributed by atoms with Crippen molar-refractivity contribution in [3.8, 4) is 5.75 Å². The normalized spacial score (nSPS) is 11.8. The van der Waals surface area contributed by atoms with Gasteiger partial charge in [-0.15, -0.1) is 0 Å². The molecule has 0 aromatic heterocycles. The summed E-state index contributed by atoms with van der Waals surface area (Å²) >= 11 is 13.4. The van der Waals surface area contributed by atoms with Gasteiger partial charge in [-0.3, -0.25) is 4.79 Å². The molecule has 0 unspecified atom stereocenters. The smallest absolute Gasteiger partial charge is 0.259 e. The second-order valence-electron chi connectivity index (χ2n) is 11.5. The van der Waals surface area contributed by atoms with Crippen LogP contribution in [0.4, 0.5) is 5.69 Å². The summed E-state index contributed by atoms with van der Waals surface area (Å²) in [5.41, 5.74) is 4.81. The van der Waals surface area contributed by atoms with Crippen molar-refractivity contribution in [2.75, 3.05) is 5.32 Å². The summed E-state index contributed by atoms with van der Waals surface area (Å²) in [6, 6.07) is 38.5. The number of carbonyl (C=O) groups is 1. The summed E-state index contributed by atoms with van der Waals surface area (Å²) in [6.45, 7) is 7.61. The Balaban J connectivity index is 1.64. The molecule has 0 aliphatic heterocycles. The molecule has 212 valence electrons. The number of rotatable bonds is 6. The van der Waals surface area contributed by atoms with E-state index in [2.05, 4.69) is 41.7 Å². The topological polar surface area (TPSA) is 49.3 Å². The van der Waals surface area contributed by atoms with Crippen molar-refractivity contribution in [3.05, 3.63) is 164 Å². The van der Waals surface area contributed by atoms with E-state index in [9.17, 15) is 9.90 Å². The van der Waals surface area contributed by atoms with Gasteiger partial charge in [-0.1, -0.05) is 141 Å². The second-order valence-corrected chi connectivity index (χ2v) is 12.3. The van der Waals surface area contributed by atoms with E-state index in [4.69, 9.17) is 23.2 Å². The largest absolute Gasteiger partial charge is 0.507 e. The van der Waals surface area contributed by atoms with Crippen molar-refractivity contribution < 1.29 is 9.90 Å². The molecule has 0 radical (unpaired) electrons. The summed E-state index contributed by atoms with van der Waals surface area (Å²) in [6.07, 6.45) is 0. The minimum Gasteiger partial charge on any atom is -0.507 e. The van der Waals surface area contributed by atoms with E-state index < -0.39 is 16.7 Å². The lowest BCUT2D eigenvalue weighted by Gasteiger charge is -2.37. The lowest BCUT2D eigenvalue weighted by molar-refractivity contribution is 0.102. The zero-order valence-corrected chi connectivity index (χ0v) is 25.6. The lowest BCUT2D eigenvalue weighted by Crippen LogP contribution is -2.31. The molecule has 0 saturated heterocycles. The fraction of sp³-hybridized carbons (Fsp3) is 0.162. The van der Waals surface area contributed by atoms with Crippen LogP contribution in [-0.2, 0) is 10.8 Å². The number of aromatic hydroxyl groups is 1. The fourth-order valence-electron chi connectivity index (χ4n) is 5.68. The molecule has 2 N–H and O–H groups in total.